The first-order valence-electron chi connectivity index (χ1n) is 8.55. The van der Waals surface area contributed by atoms with E-state index < -0.39 is 0 Å². The molecule has 0 radical (unpaired) electrons. The number of halogens is 1. The van der Waals surface area contributed by atoms with E-state index in [0.717, 1.165) is 16.5 Å². The van der Waals surface area contributed by atoms with Gasteiger partial charge in [0.1, 0.15) is 6.61 Å². The zero-order valence-electron chi connectivity index (χ0n) is 15.2. The smallest absolute Gasteiger partial charge is 0.309 e. The molecule has 0 aliphatic carbocycles. The van der Waals surface area contributed by atoms with Gasteiger partial charge < -0.3 is 14.2 Å². The Labute approximate surface area is 162 Å². The predicted octanol–water partition coefficient (Wildman–Crippen LogP) is 4.72. The summed E-state index contributed by atoms with van der Waals surface area (Å²) < 4.78 is 16.1. The normalized spacial score (nSPS) is 10.6. The molecule has 3 aromatic rings. The van der Waals surface area contributed by atoms with Gasteiger partial charge in [-0.05, 0) is 30.7 Å². The Kier molecular flexibility index (Phi) is 6.14. The first-order valence-corrected chi connectivity index (χ1v) is 8.93. The van der Waals surface area contributed by atoms with Gasteiger partial charge >= 0.3 is 5.97 Å². The third kappa shape index (κ3) is 4.49. The molecule has 140 valence electrons. The van der Waals surface area contributed by atoms with E-state index in [4.69, 9.17) is 25.8 Å². The Morgan fingerprint density at radius 1 is 1.07 bits per heavy atom. The molecule has 2 aromatic carbocycles. The van der Waals surface area contributed by atoms with E-state index in [1.165, 1.54) is 0 Å². The monoisotopic (exact) mass is 385 g/mol. The Hall–Kier alpha value is -2.79. The number of methoxy groups -OCH3 is 1. The van der Waals surface area contributed by atoms with Crippen LogP contribution in [0.5, 0.6) is 11.5 Å². The number of carbonyl (C=O) groups is 1. The van der Waals surface area contributed by atoms with Crippen LogP contribution in [0, 0.1) is 6.92 Å². The second-order valence-corrected chi connectivity index (χ2v) is 6.30. The lowest BCUT2D eigenvalue weighted by Gasteiger charge is -2.12. The van der Waals surface area contributed by atoms with Crippen LogP contribution >= 0.6 is 11.6 Å². The van der Waals surface area contributed by atoms with Crippen molar-refractivity contribution in [3.63, 3.8) is 0 Å². The van der Waals surface area contributed by atoms with Crippen molar-refractivity contribution < 1.29 is 19.0 Å². The third-order valence-electron chi connectivity index (χ3n) is 4.15. The second-order valence-electron chi connectivity index (χ2n) is 5.92. The summed E-state index contributed by atoms with van der Waals surface area (Å²) in [5, 5.41) is 1.51. The van der Waals surface area contributed by atoms with E-state index in [1.54, 1.807) is 19.2 Å². The fourth-order valence-electron chi connectivity index (χ4n) is 2.72. The van der Waals surface area contributed by atoms with Crippen LogP contribution in [0.25, 0.3) is 10.9 Å². The Bertz CT molecular complexity index is 958. The number of fused-ring (bicyclic) bond motifs is 1. The van der Waals surface area contributed by atoms with E-state index in [2.05, 4.69) is 4.98 Å². The van der Waals surface area contributed by atoms with Crippen molar-refractivity contribution in [2.75, 3.05) is 13.7 Å². The van der Waals surface area contributed by atoms with Crippen LogP contribution in [0.2, 0.25) is 5.02 Å². The molecular weight excluding hydrogens is 366 g/mol. The summed E-state index contributed by atoms with van der Waals surface area (Å²) >= 11 is 6.38. The molecule has 0 atom stereocenters. The maximum Gasteiger partial charge on any atom is 0.309 e. The molecule has 3 rings (SSSR count). The van der Waals surface area contributed by atoms with Crippen molar-refractivity contribution in [2.24, 2.45) is 0 Å². The highest BCUT2D eigenvalue weighted by Crippen LogP contribution is 2.28. The van der Waals surface area contributed by atoms with Gasteiger partial charge in [0, 0.05) is 5.39 Å². The molecule has 5 nitrogen and oxygen atoms in total. The van der Waals surface area contributed by atoms with Crippen LogP contribution in [0.4, 0.5) is 0 Å². The summed E-state index contributed by atoms with van der Waals surface area (Å²) in [4.78, 5) is 16.5. The summed E-state index contributed by atoms with van der Waals surface area (Å²) in [5.41, 5.74) is 2.30. The van der Waals surface area contributed by atoms with Gasteiger partial charge in [0.2, 0.25) is 0 Å². The molecule has 0 saturated carbocycles. The molecule has 0 unspecified atom stereocenters. The summed E-state index contributed by atoms with van der Waals surface area (Å²) in [5.74, 6) is 0.824. The first kappa shape index (κ1) is 19.0. The van der Waals surface area contributed by atoms with Gasteiger partial charge in [0.15, 0.2) is 11.5 Å². The van der Waals surface area contributed by atoms with Crippen LogP contribution in [-0.2, 0) is 16.1 Å². The summed E-state index contributed by atoms with van der Waals surface area (Å²) in [6.07, 6.45) is 0.113. The number of pyridine rings is 1. The van der Waals surface area contributed by atoms with Crippen molar-refractivity contribution in [1.29, 1.82) is 0 Å². The summed E-state index contributed by atoms with van der Waals surface area (Å²) in [6.45, 7) is 2.15. The van der Waals surface area contributed by atoms with Crippen molar-refractivity contribution in [1.82, 2.24) is 4.98 Å². The number of hydrogen-bond acceptors (Lipinski definition) is 5. The molecule has 0 amide bonds. The molecule has 0 spiro atoms. The lowest BCUT2D eigenvalue weighted by Crippen LogP contribution is -2.11. The SMILES string of the molecule is COc1ccccc1OCCC(=O)OCc1nc2ccccc2c(C)c1Cl. The van der Waals surface area contributed by atoms with Gasteiger partial charge in [0.05, 0.1) is 36.4 Å². The number of esters is 1. The van der Waals surface area contributed by atoms with Gasteiger partial charge in [-0.25, -0.2) is 4.98 Å². The second kappa shape index (κ2) is 8.73. The zero-order chi connectivity index (χ0) is 19.2. The van der Waals surface area contributed by atoms with E-state index in [9.17, 15) is 4.79 Å². The number of aryl methyl sites for hydroxylation is 1. The van der Waals surface area contributed by atoms with Crippen LogP contribution in [0.15, 0.2) is 48.5 Å². The average molecular weight is 386 g/mol. The minimum absolute atomic E-state index is 0.0258. The summed E-state index contributed by atoms with van der Waals surface area (Å²) in [6, 6.07) is 15.0. The number of benzene rings is 2. The van der Waals surface area contributed by atoms with Crippen molar-refractivity contribution in [3.05, 3.63) is 64.8 Å². The number of carbonyl (C=O) groups excluding carboxylic acids is 1. The predicted molar refractivity (Wildman–Crippen MR) is 104 cm³/mol. The Balaban J connectivity index is 1.56. The molecule has 0 fully saturated rings. The first-order chi connectivity index (χ1) is 13.1. The fraction of sp³-hybridized carbons (Fsp3) is 0.238. The van der Waals surface area contributed by atoms with Crippen molar-refractivity contribution in [2.45, 2.75) is 20.0 Å². The number of nitrogens with zero attached hydrogens (tertiary/aromatic N) is 1. The van der Waals surface area contributed by atoms with Crippen molar-refractivity contribution in [3.8, 4) is 11.5 Å². The van der Waals surface area contributed by atoms with Crippen molar-refractivity contribution >= 4 is 28.5 Å². The Morgan fingerprint density at radius 2 is 1.78 bits per heavy atom. The standard InChI is InChI=1S/C21H20ClNO4/c1-14-15-7-3-4-8-16(15)23-17(21(14)22)13-27-20(24)11-12-26-19-10-6-5-9-18(19)25-2/h3-10H,11-13H2,1-2H3. The van der Waals surface area contributed by atoms with Gasteiger partial charge in [-0.15, -0.1) is 0 Å². The largest absolute Gasteiger partial charge is 0.493 e. The highest BCUT2D eigenvalue weighted by Gasteiger charge is 2.13. The van der Waals surface area contributed by atoms with Gasteiger partial charge in [-0.3, -0.25) is 4.79 Å². The number of hydrogen-bond donors (Lipinski definition) is 0. The molecule has 27 heavy (non-hydrogen) atoms. The average Bonchev–Trinajstić information content (AvgIpc) is 2.70. The van der Waals surface area contributed by atoms with E-state index in [1.807, 2.05) is 43.3 Å². The van der Waals surface area contributed by atoms with Crippen LogP contribution in [-0.4, -0.2) is 24.7 Å². The van der Waals surface area contributed by atoms with Crippen LogP contribution in [0.3, 0.4) is 0 Å². The molecule has 6 heteroatoms. The molecule has 1 aromatic heterocycles. The number of para-hydroxylation sites is 3. The quantitative estimate of drug-likeness (QED) is 0.551. The molecule has 0 aliphatic rings. The number of aromatic nitrogens is 1. The molecule has 0 bridgehead atoms. The van der Waals surface area contributed by atoms with E-state index in [0.29, 0.717) is 22.2 Å². The minimum Gasteiger partial charge on any atom is -0.493 e. The van der Waals surface area contributed by atoms with E-state index in [-0.39, 0.29) is 25.6 Å². The maximum absolute atomic E-state index is 12.0. The molecule has 1 heterocycles. The van der Waals surface area contributed by atoms with Gasteiger partial charge in [-0.2, -0.15) is 0 Å². The zero-order valence-corrected chi connectivity index (χ0v) is 16.0. The van der Waals surface area contributed by atoms with Gasteiger partial charge in [0.25, 0.3) is 0 Å². The molecule has 0 N–H and O–H groups in total. The van der Waals surface area contributed by atoms with E-state index >= 15 is 0 Å². The van der Waals surface area contributed by atoms with Crippen LogP contribution < -0.4 is 9.47 Å². The number of rotatable bonds is 7. The Morgan fingerprint density at radius 3 is 2.56 bits per heavy atom. The van der Waals surface area contributed by atoms with Crippen LogP contribution in [0.1, 0.15) is 17.7 Å². The third-order valence-corrected chi connectivity index (χ3v) is 4.65. The molecule has 0 saturated heterocycles. The lowest BCUT2D eigenvalue weighted by molar-refractivity contribution is -0.145. The maximum atomic E-state index is 12.0. The topological polar surface area (TPSA) is 57.7 Å². The highest BCUT2D eigenvalue weighted by molar-refractivity contribution is 6.32. The van der Waals surface area contributed by atoms with Gasteiger partial charge in [-0.1, -0.05) is 41.9 Å². The number of ether oxygens (including phenoxy) is 3. The molecular formula is C21H20ClNO4. The summed E-state index contributed by atoms with van der Waals surface area (Å²) in [7, 11) is 1.57. The highest BCUT2D eigenvalue weighted by atomic mass is 35.5. The molecule has 0 aliphatic heterocycles. The fourth-order valence-corrected chi connectivity index (χ4v) is 2.92. The lowest BCUT2D eigenvalue weighted by atomic mass is 10.1. The minimum atomic E-state index is -0.381.